The van der Waals surface area contributed by atoms with Crippen LogP contribution in [0.3, 0.4) is 0 Å². The third-order valence-corrected chi connectivity index (χ3v) is 8.49. The van der Waals surface area contributed by atoms with Crippen LogP contribution in [0.2, 0.25) is 0 Å². The van der Waals surface area contributed by atoms with Crippen LogP contribution in [0, 0.1) is 5.82 Å². The van der Waals surface area contributed by atoms with Crippen molar-refractivity contribution in [2.45, 2.75) is 19.4 Å². The van der Waals surface area contributed by atoms with Crippen molar-refractivity contribution in [3.63, 3.8) is 0 Å². The second-order valence-corrected chi connectivity index (χ2v) is 11.7. The highest BCUT2D eigenvalue weighted by molar-refractivity contribution is 5.99. The lowest BCUT2D eigenvalue weighted by atomic mass is 10.1. The molecule has 0 radical (unpaired) electrons. The average molecular weight is 626 g/mol. The molecule has 47 heavy (non-hydrogen) atoms. The summed E-state index contributed by atoms with van der Waals surface area (Å²) in [6, 6.07) is 24.5. The standard InChI is InChI=1S/C37H32FN7O2/c38-27-16-25(17-28(19-27)46-15-14-45-12-4-5-13-45)35-30-20-34(41-32(30)10-11-40-35)37-36-33(43-44-37)9-8-31(42-36)26-18-29(22-39-21-26)47-23-24-6-2-1-3-7-24/h1-3,6-11,16-22,41H,4-5,12-15,23H2,(H,43,44). The molecule has 2 aromatic carbocycles. The van der Waals surface area contributed by atoms with E-state index in [0.717, 1.165) is 58.6 Å². The largest absolute Gasteiger partial charge is 0.492 e. The van der Waals surface area contributed by atoms with Crippen LogP contribution < -0.4 is 9.47 Å². The van der Waals surface area contributed by atoms with E-state index in [1.165, 1.54) is 25.0 Å². The minimum atomic E-state index is -0.368. The average Bonchev–Trinajstić information content (AvgIpc) is 3.87. The molecule has 1 fully saturated rings. The van der Waals surface area contributed by atoms with E-state index in [0.29, 0.717) is 47.2 Å². The molecule has 6 heterocycles. The number of halogens is 1. The number of H-pyrrole nitrogens is 2. The van der Waals surface area contributed by atoms with Crippen molar-refractivity contribution in [2.24, 2.45) is 0 Å². The fraction of sp³-hybridized carbons (Fsp3) is 0.189. The van der Waals surface area contributed by atoms with E-state index in [1.807, 2.05) is 66.7 Å². The van der Waals surface area contributed by atoms with Crippen molar-refractivity contribution < 1.29 is 13.9 Å². The molecule has 2 N–H and O–H groups in total. The quantitative estimate of drug-likeness (QED) is 0.163. The van der Waals surface area contributed by atoms with E-state index in [4.69, 9.17) is 14.5 Å². The van der Waals surface area contributed by atoms with Gasteiger partial charge in [-0.2, -0.15) is 5.10 Å². The third-order valence-electron chi connectivity index (χ3n) is 8.49. The molecule has 234 valence electrons. The van der Waals surface area contributed by atoms with Gasteiger partial charge in [0.05, 0.1) is 28.8 Å². The number of aromatic amines is 2. The lowest BCUT2D eigenvalue weighted by Gasteiger charge is -2.15. The Kier molecular flexibility index (Phi) is 7.76. The van der Waals surface area contributed by atoms with Crippen molar-refractivity contribution in [3.8, 4) is 45.4 Å². The van der Waals surface area contributed by atoms with Gasteiger partial charge in [0.2, 0.25) is 0 Å². The SMILES string of the molecule is Fc1cc(OCCN2CCCC2)cc(-c2nccc3[nH]c(-c4n[nH]c5ccc(-c6cncc(OCc7ccccc7)c6)nc45)cc23)c1. The first-order valence-electron chi connectivity index (χ1n) is 15.8. The number of benzene rings is 2. The Bertz CT molecular complexity index is 2170. The predicted molar refractivity (Wildman–Crippen MR) is 180 cm³/mol. The highest BCUT2D eigenvalue weighted by Gasteiger charge is 2.18. The maximum atomic E-state index is 14.8. The van der Waals surface area contributed by atoms with Gasteiger partial charge in [-0.25, -0.2) is 9.37 Å². The van der Waals surface area contributed by atoms with Crippen LogP contribution in [0.4, 0.5) is 4.39 Å². The number of nitrogens with one attached hydrogen (secondary N) is 2. The van der Waals surface area contributed by atoms with Crippen LogP contribution in [0.1, 0.15) is 18.4 Å². The number of pyridine rings is 3. The van der Waals surface area contributed by atoms with Gasteiger partial charge in [-0.05, 0) is 74.0 Å². The second kappa shape index (κ2) is 12.6. The Balaban J connectivity index is 1.08. The Morgan fingerprint density at radius 2 is 1.68 bits per heavy atom. The monoisotopic (exact) mass is 625 g/mol. The number of likely N-dealkylation sites (tertiary alicyclic amines) is 1. The van der Waals surface area contributed by atoms with Crippen molar-refractivity contribution >= 4 is 21.9 Å². The summed E-state index contributed by atoms with van der Waals surface area (Å²) in [5, 5.41) is 8.56. The molecule has 10 heteroatoms. The molecule has 0 aliphatic carbocycles. The summed E-state index contributed by atoms with van der Waals surface area (Å²) in [6.07, 6.45) is 7.63. The normalized spacial score (nSPS) is 13.5. The summed E-state index contributed by atoms with van der Waals surface area (Å²) in [7, 11) is 0. The Hall–Kier alpha value is -5.61. The van der Waals surface area contributed by atoms with E-state index in [9.17, 15) is 4.39 Å². The fourth-order valence-corrected chi connectivity index (χ4v) is 6.12. The van der Waals surface area contributed by atoms with E-state index in [2.05, 4.69) is 30.0 Å². The first-order valence-corrected chi connectivity index (χ1v) is 15.8. The molecule has 1 aliphatic rings. The number of fused-ring (bicyclic) bond motifs is 2. The maximum absolute atomic E-state index is 14.8. The zero-order valence-corrected chi connectivity index (χ0v) is 25.6. The minimum Gasteiger partial charge on any atom is -0.492 e. The molecule has 0 amide bonds. The van der Waals surface area contributed by atoms with Gasteiger partial charge in [-0.1, -0.05) is 30.3 Å². The van der Waals surface area contributed by atoms with Crippen LogP contribution in [-0.4, -0.2) is 61.3 Å². The van der Waals surface area contributed by atoms with E-state index < -0.39 is 0 Å². The number of hydrogen-bond donors (Lipinski definition) is 2. The second-order valence-electron chi connectivity index (χ2n) is 11.7. The van der Waals surface area contributed by atoms with E-state index in [1.54, 1.807) is 18.6 Å². The fourth-order valence-electron chi connectivity index (χ4n) is 6.12. The van der Waals surface area contributed by atoms with Crippen molar-refractivity contribution in [2.75, 3.05) is 26.2 Å². The van der Waals surface area contributed by atoms with Crippen molar-refractivity contribution in [1.82, 2.24) is 35.0 Å². The molecule has 0 unspecified atom stereocenters. The van der Waals surface area contributed by atoms with Gasteiger partial charge in [0.1, 0.15) is 41.7 Å². The minimum absolute atomic E-state index is 0.368. The number of aromatic nitrogens is 6. The Morgan fingerprint density at radius 3 is 2.57 bits per heavy atom. The highest BCUT2D eigenvalue weighted by atomic mass is 19.1. The summed E-state index contributed by atoms with van der Waals surface area (Å²) in [5.41, 5.74) is 7.74. The first kappa shape index (κ1) is 28.8. The molecule has 0 atom stereocenters. The molecule has 7 aromatic rings. The van der Waals surface area contributed by atoms with Crippen LogP contribution >= 0.6 is 0 Å². The smallest absolute Gasteiger partial charge is 0.138 e. The highest BCUT2D eigenvalue weighted by Crippen LogP contribution is 2.35. The van der Waals surface area contributed by atoms with Gasteiger partial charge in [-0.15, -0.1) is 0 Å². The molecule has 0 bridgehead atoms. The molecule has 0 spiro atoms. The topological polar surface area (TPSA) is 105 Å². The van der Waals surface area contributed by atoms with Gasteiger partial charge in [0.25, 0.3) is 0 Å². The van der Waals surface area contributed by atoms with Crippen LogP contribution in [0.25, 0.3) is 55.8 Å². The van der Waals surface area contributed by atoms with Gasteiger partial charge >= 0.3 is 0 Å². The number of hydrogen-bond acceptors (Lipinski definition) is 7. The summed E-state index contributed by atoms with van der Waals surface area (Å²) >= 11 is 0. The molecule has 1 aliphatic heterocycles. The molecule has 5 aromatic heterocycles. The third kappa shape index (κ3) is 6.15. The number of ether oxygens (including phenoxy) is 2. The van der Waals surface area contributed by atoms with Crippen molar-refractivity contribution in [1.29, 1.82) is 0 Å². The van der Waals surface area contributed by atoms with Crippen LogP contribution in [-0.2, 0) is 6.61 Å². The molecular formula is C37H32FN7O2. The molecular weight excluding hydrogens is 593 g/mol. The lowest BCUT2D eigenvalue weighted by Crippen LogP contribution is -2.25. The number of rotatable bonds is 10. The molecule has 1 saturated heterocycles. The van der Waals surface area contributed by atoms with Crippen LogP contribution in [0.5, 0.6) is 11.5 Å². The Labute approximate surface area is 270 Å². The molecule has 9 nitrogen and oxygen atoms in total. The van der Waals surface area contributed by atoms with Gasteiger partial charge in [-0.3, -0.25) is 20.0 Å². The van der Waals surface area contributed by atoms with Gasteiger partial charge < -0.3 is 14.5 Å². The lowest BCUT2D eigenvalue weighted by molar-refractivity contribution is 0.237. The van der Waals surface area contributed by atoms with Gasteiger partial charge in [0.15, 0.2) is 0 Å². The summed E-state index contributed by atoms with van der Waals surface area (Å²) in [4.78, 5) is 19.9. The molecule has 0 saturated carbocycles. The predicted octanol–water partition coefficient (Wildman–Crippen LogP) is 7.42. The summed E-state index contributed by atoms with van der Waals surface area (Å²) < 4.78 is 26.8. The van der Waals surface area contributed by atoms with Crippen molar-refractivity contribution in [3.05, 3.63) is 109 Å². The summed E-state index contributed by atoms with van der Waals surface area (Å²) in [5.74, 6) is 0.786. The zero-order chi connectivity index (χ0) is 31.6. The maximum Gasteiger partial charge on any atom is 0.138 e. The first-order chi connectivity index (χ1) is 23.2. The number of nitrogens with zero attached hydrogens (tertiary/aromatic N) is 5. The van der Waals surface area contributed by atoms with E-state index >= 15 is 0 Å². The zero-order valence-electron chi connectivity index (χ0n) is 25.6. The Morgan fingerprint density at radius 1 is 0.809 bits per heavy atom. The molecule has 8 rings (SSSR count). The summed E-state index contributed by atoms with van der Waals surface area (Å²) in [6.45, 7) is 3.98. The van der Waals surface area contributed by atoms with E-state index in [-0.39, 0.29) is 5.82 Å². The van der Waals surface area contributed by atoms with Crippen LogP contribution in [0.15, 0.2) is 97.5 Å². The van der Waals surface area contributed by atoms with Gasteiger partial charge in [0, 0.05) is 47.0 Å².